The third-order valence-electron chi connectivity index (χ3n) is 3.23. The lowest BCUT2D eigenvalue weighted by Crippen LogP contribution is -2.07. The molecule has 0 aliphatic heterocycles. The van der Waals surface area contributed by atoms with Gasteiger partial charge in [0.15, 0.2) is 5.65 Å². The second kappa shape index (κ2) is 4.41. The third kappa shape index (κ3) is 1.91. The topological polar surface area (TPSA) is 80.9 Å². The van der Waals surface area contributed by atoms with Crippen molar-refractivity contribution in [1.82, 2.24) is 29.4 Å². The zero-order chi connectivity index (χ0) is 14.2. The Kier molecular flexibility index (Phi) is 2.43. The van der Waals surface area contributed by atoms with Gasteiger partial charge < -0.3 is 4.98 Å². The number of H-pyrrole nitrogens is 1. The number of rotatable bonds is 2. The van der Waals surface area contributed by atoms with Gasteiger partial charge in [0, 0.05) is 36.4 Å². The van der Waals surface area contributed by atoms with Crippen LogP contribution in [0.2, 0.25) is 0 Å². The first-order valence-corrected chi connectivity index (χ1v) is 6.33. The van der Waals surface area contributed by atoms with Gasteiger partial charge in [0.05, 0.1) is 12.4 Å². The van der Waals surface area contributed by atoms with Crippen molar-refractivity contribution in [2.24, 2.45) is 0 Å². The number of fused-ring (bicyclic) bond motifs is 1. The molecule has 0 bridgehead atoms. The van der Waals surface area contributed by atoms with Crippen LogP contribution in [0.1, 0.15) is 0 Å². The van der Waals surface area contributed by atoms with Gasteiger partial charge in [-0.15, -0.1) is 0 Å². The molecule has 102 valence electrons. The van der Waals surface area contributed by atoms with Crippen LogP contribution in [0.5, 0.6) is 0 Å². The summed E-state index contributed by atoms with van der Waals surface area (Å²) in [4.78, 5) is 18.2. The summed E-state index contributed by atoms with van der Waals surface area (Å²) in [6.45, 7) is 0. The molecule has 0 unspecified atom stereocenters. The molecule has 4 aromatic heterocycles. The molecule has 0 fully saturated rings. The maximum absolute atomic E-state index is 11.5. The van der Waals surface area contributed by atoms with E-state index in [4.69, 9.17) is 0 Å². The van der Waals surface area contributed by atoms with Crippen molar-refractivity contribution in [3.8, 4) is 16.8 Å². The highest BCUT2D eigenvalue weighted by Gasteiger charge is 2.09. The lowest BCUT2D eigenvalue weighted by Gasteiger charge is -1.98. The van der Waals surface area contributed by atoms with Gasteiger partial charge in [-0.3, -0.25) is 9.78 Å². The first-order valence-electron chi connectivity index (χ1n) is 6.33. The molecule has 0 aromatic carbocycles. The lowest BCUT2D eigenvalue weighted by atomic mass is 10.1. The van der Waals surface area contributed by atoms with E-state index in [2.05, 4.69) is 20.2 Å². The van der Waals surface area contributed by atoms with Gasteiger partial charge >= 0.3 is 0 Å². The molecule has 0 aliphatic carbocycles. The Hall–Kier alpha value is -3.22. The second-order valence-corrected chi connectivity index (χ2v) is 4.54. The fourth-order valence-electron chi connectivity index (χ4n) is 2.20. The minimum absolute atomic E-state index is 0.175. The quantitative estimate of drug-likeness (QED) is 0.598. The maximum atomic E-state index is 11.5. The standard InChI is InChI=1S/C14H10N6O/c21-13-3-6-19-14(18-13)12(8-17-19)20-9-11(7-16-20)10-1-4-15-5-2-10/h1-9H,(H,18,21). The van der Waals surface area contributed by atoms with Crippen molar-refractivity contribution in [3.05, 3.63) is 65.7 Å². The molecule has 0 amide bonds. The van der Waals surface area contributed by atoms with Crippen LogP contribution in [-0.4, -0.2) is 29.4 Å². The molecule has 0 aliphatic rings. The van der Waals surface area contributed by atoms with Crippen LogP contribution < -0.4 is 5.56 Å². The Bertz CT molecular complexity index is 966. The minimum Gasteiger partial charge on any atom is -0.305 e. The zero-order valence-electron chi connectivity index (χ0n) is 10.8. The number of hydrogen-bond acceptors (Lipinski definition) is 4. The second-order valence-electron chi connectivity index (χ2n) is 4.54. The highest BCUT2D eigenvalue weighted by atomic mass is 16.1. The van der Waals surface area contributed by atoms with E-state index in [1.807, 2.05) is 18.3 Å². The summed E-state index contributed by atoms with van der Waals surface area (Å²) in [6, 6.07) is 5.26. The van der Waals surface area contributed by atoms with Crippen LogP contribution in [0.25, 0.3) is 22.5 Å². The van der Waals surface area contributed by atoms with Crippen LogP contribution in [-0.2, 0) is 0 Å². The van der Waals surface area contributed by atoms with E-state index in [9.17, 15) is 4.79 Å². The summed E-state index contributed by atoms with van der Waals surface area (Å²) >= 11 is 0. The Morgan fingerprint density at radius 1 is 1.00 bits per heavy atom. The first-order chi connectivity index (χ1) is 10.3. The minimum atomic E-state index is -0.175. The average molecular weight is 278 g/mol. The largest absolute Gasteiger partial charge is 0.305 e. The van der Waals surface area contributed by atoms with Crippen LogP contribution in [0.4, 0.5) is 0 Å². The number of hydrogen-bond donors (Lipinski definition) is 1. The maximum Gasteiger partial charge on any atom is 0.251 e. The van der Waals surface area contributed by atoms with Gasteiger partial charge in [-0.05, 0) is 17.7 Å². The monoisotopic (exact) mass is 278 g/mol. The first kappa shape index (κ1) is 11.6. The number of pyridine rings is 1. The number of nitrogens with zero attached hydrogens (tertiary/aromatic N) is 5. The van der Waals surface area contributed by atoms with Gasteiger partial charge in [-0.25, -0.2) is 9.20 Å². The van der Waals surface area contributed by atoms with Crippen molar-refractivity contribution < 1.29 is 0 Å². The molecule has 0 saturated carbocycles. The predicted molar refractivity (Wildman–Crippen MR) is 76.2 cm³/mol. The highest BCUT2D eigenvalue weighted by Crippen LogP contribution is 2.20. The van der Waals surface area contributed by atoms with Crippen molar-refractivity contribution in [2.45, 2.75) is 0 Å². The number of aromatic amines is 1. The number of nitrogens with one attached hydrogen (secondary N) is 1. The van der Waals surface area contributed by atoms with E-state index in [1.54, 1.807) is 40.2 Å². The van der Waals surface area contributed by atoms with E-state index in [-0.39, 0.29) is 5.56 Å². The highest BCUT2D eigenvalue weighted by molar-refractivity contribution is 5.63. The normalized spacial score (nSPS) is 11.0. The molecule has 21 heavy (non-hydrogen) atoms. The fraction of sp³-hybridized carbons (Fsp3) is 0. The summed E-state index contributed by atoms with van der Waals surface area (Å²) in [7, 11) is 0. The molecule has 7 nitrogen and oxygen atoms in total. The van der Waals surface area contributed by atoms with Crippen LogP contribution in [0.15, 0.2) is 60.2 Å². The Morgan fingerprint density at radius 2 is 1.86 bits per heavy atom. The lowest BCUT2D eigenvalue weighted by molar-refractivity contribution is 0.883. The Labute approximate surface area is 118 Å². The molecular formula is C14H10N6O. The summed E-state index contributed by atoms with van der Waals surface area (Å²) in [6.07, 6.45) is 10.4. The smallest absolute Gasteiger partial charge is 0.251 e. The van der Waals surface area contributed by atoms with Crippen LogP contribution >= 0.6 is 0 Å². The third-order valence-corrected chi connectivity index (χ3v) is 3.23. The van der Waals surface area contributed by atoms with Gasteiger partial charge in [-0.1, -0.05) is 0 Å². The number of aromatic nitrogens is 6. The Morgan fingerprint density at radius 3 is 2.71 bits per heavy atom. The van der Waals surface area contributed by atoms with E-state index in [0.717, 1.165) is 11.1 Å². The van der Waals surface area contributed by atoms with Gasteiger partial charge in [0.2, 0.25) is 0 Å². The van der Waals surface area contributed by atoms with E-state index in [1.165, 1.54) is 6.07 Å². The van der Waals surface area contributed by atoms with Crippen molar-refractivity contribution in [1.29, 1.82) is 0 Å². The molecule has 7 heteroatoms. The van der Waals surface area contributed by atoms with Crippen LogP contribution in [0.3, 0.4) is 0 Å². The van der Waals surface area contributed by atoms with Gasteiger partial charge in [0.25, 0.3) is 5.56 Å². The van der Waals surface area contributed by atoms with Gasteiger partial charge in [-0.2, -0.15) is 10.2 Å². The molecule has 1 N–H and O–H groups in total. The van der Waals surface area contributed by atoms with E-state index in [0.29, 0.717) is 11.3 Å². The summed E-state index contributed by atoms with van der Waals surface area (Å²) in [5.41, 5.74) is 3.14. The summed E-state index contributed by atoms with van der Waals surface area (Å²) in [5.74, 6) is 0. The summed E-state index contributed by atoms with van der Waals surface area (Å²) < 4.78 is 3.29. The Balaban J connectivity index is 1.85. The molecule has 0 spiro atoms. The molecular weight excluding hydrogens is 268 g/mol. The average Bonchev–Trinajstić information content (AvgIpc) is 3.14. The molecule has 0 saturated heterocycles. The molecule has 4 aromatic rings. The van der Waals surface area contributed by atoms with Crippen molar-refractivity contribution in [2.75, 3.05) is 0 Å². The SMILES string of the molecule is O=c1ccn2ncc(-n3cc(-c4ccncc4)cn3)c2[nH]1. The molecule has 4 heterocycles. The summed E-state index contributed by atoms with van der Waals surface area (Å²) in [5, 5.41) is 8.53. The van der Waals surface area contributed by atoms with Crippen molar-refractivity contribution >= 4 is 5.65 Å². The zero-order valence-corrected chi connectivity index (χ0v) is 10.8. The van der Waals surface area contributed by atoms with E-state index < -0.39 is 0 Å². The molecule has 4 rings (SSSR count). The van der Waals surface area contributed by atoms with Crippen LogP contribution in [0, 0.1) is 0 Å². The van der Waals surface area contributed by atoms with Crippen molar-refractivity contribution in [3.63, 3.8) is 0 Å². The fourth-order valence-corrected chi connectivity index (χ4v) is 2.20. The van der Waals surface area contributed by atoms with Gasteiger partial charge in [0.1, 0.15) is 5.69 Å². The molecule has 0 radical (unpaired) electrons. The predicted octanol–water partition coefficient (Wildman–Crippen LogP) is 1.27. The van der Waals surface area contributed by atoms with E-state index >= 15 is 0 Å². The molecule has 0 atom stereocenters.